The third kappa shape index (κ3) is 3.02. The largest absolute Gasteiger partial charge is 0.455 e. The SMILES string of the molecule is O=C(COC(=O)C12CC3CC(CC(C3)C1)C2)Nc1c(F)cccc1F. The van der Waals surface area contributed by atoms with E-state index in [4.69, 9.17) is 4.74 Å². The third-order valence-electron chi connectivity index (χ3n) is 6.03. The Kier molecular flexibility index (Phi) is 4.01. The molecule has 1 aromatic rings. The molecular formula is C19H21F2NO3. The number of halogens is 2. The fourth-order valence-corrected chi connectivity index (χ4v) is 5.44. The van der Waals surface area contributed by atoms with Gasteiger partial charge in [-0.15, -0.1) is 0 Å². The van der Waals surface area contributed by atoms with E-state index in [1.165, 1.54) is 25.3 Å². The highest BCUT2D eigenvalue weighted by atomic mass is 19.1. The number of benzene rings is 1. The molecule has 0 spiro atoms. The lowest BCUT2D eigenvalue weighted by atomic mass is 9.49. The predicted molar refractivity (Wildman–Crippen MR) is 86.6 cm³/mol. The van der Waals surface area contributed by atoms with E-state index in [1.807, 2.05) is 0 Å². The van der Waals surface area contributed by atoms with Crippen molar-refractivity contribution in [3.8, 4) is 0 Å². The van der Waals surface area contributed by atoms with Gasteiger partial charge < -0.3 is 10.1 Å². The number of anilines is 1. The Balaban J connectivity index is 1.37. The van der Waals surface area contributed by atoms with Crippen LogP contribution in [0.4, 0.5) is 14.5 Å². The van der Waals surface area contributed by atoms with E-state index in [9.17, 15) is 18.4 Å². The van der Waals surface area contributed by atoms with Gasteiger partial charge in [-0.3, -0.25) is 9.59 Å². The summed E-state index contributed by atoms with van der Waals surface area (Å²) in [6.07, 6.45) is 6.17. The molecule has 4 saturated carbocycles. The van der Waals surface area contributed by atoms with Gasteiger partial charge in [-0.1, -0.05) is 6.07 Å². The second kappa shape index (κ2) is 6.07. The van der Waals surface area contributed by atoms with Crippen LogP contribution in [0.5, 0.6) is 0 Å². The summed E-state index contributed by atoms with van der Waals surface area (Å²) in [5.74, 6) is -0.986. The Labute approximate surface area is 144 Å². The highest BCUT2D eigenvalue weighted by Gasteiger charge is 2.55. The number of esters is 1. The molecule has 0 radical (unpaired) electrons. The van der Waals surface area contributed by atoms with Crippen molar-refractivity contribution in [1.82, 2.24) is 0 Å². The van der Waals surface area contributed by atoms with E-state index >= 15 is 0 Å². The highest BCUT2D eigenvalue weighted by molar-refractivity contribution is 5.93. The first-order valence-electron chi connectivity index (χ1n) is 8.86. The monoisotopic (exact) mass is 349 g/mol. The Bertz CT molecular complexity index is 663. The smallest absolute Gasteiger partial charge is 0.312 e. The number of hydrogen-bond acceptors (Lipinski definition) is 3. The van der Waals surface area contributed by atoms with Gasteiger partial charge >= 0.3 is 5.97 Å². The molecule has 1 aromatic carbocycles. The highest BCUT2D eigenvalue weighted by Crippen LogP contribution is 2.60. The topological polar surface area (TPSA) is 55.4 Å². The van der Waals surface area contributed by atoms with Crippen LogP contribution < -0.4 is 5.32 Å². The third-order valence-corrected chi connectivity index (χ3v) is 6.03. The van der Waals surface area contributed by atoms with Crippen molar-refractivity contribution >= 4 is 17.6 Å². The van der Waals surface area contributed by atoms with Crippen LogP contribution in [0.15, 0.2) is 18.2 Å². The standard InChI is InChI=1S/C19H21F2NO3/c20-14-2-1-3-15(21)17(14)22-16(23)10-25-18(24)19-7-11-4-12(8-19)6-13(5-11)9-19/h1-3,11-13H,4-10H2,(H,22,23). The van der Waals surface area contributed by atoms with Gasteiger partial charge in [0.25, 0.3) is 5.91 Å². The Morgan fingerprint density at radius 3 is 2.08 bits per heavy atom. The van der Waals surface area contributed by atoms with E-state index in [0.717, 1.165) is 31.4 Å². The van der Waals surface area contributed by atoms with Crippen molar-refractivity contribution in [3.63, 3.8) is 0 Å². The minimum atomic E-state index is -0.860. The average molecular weight is 349 g/mol. The minimum Gasteiger partial charge on any atom is -0.455 e. The summed E-state index contributed by atoms with van der Waals surface area (Å²) in [5, 5.41) is 2.14. The van der Waals surface area contributed by atoms with Crippen LogP contribution in [0.2, 0.25) is 0 Å². The fraction of sp³-hybridized carbons (Fsp3) is 0.579. The van der Waals surface area contributed by atoms with Crippen LogP contribution in [0.1, 0.15) is 38.5 Å². The van der Waals surface area contributed by atoms with Crippen LogP contribution in [-0.4, -0.2) is 18.5 Å². The first-order chi connectivity index (χ1) is 11.9. The van der Waals surface area contributed by atoms with E-state index in [-0.39, 0.29) is 5.97 Å². The minimum absolute atomic E-state index is 0.323. The molecule has 6 heteroatoms. The lowest BCUT2D eigenvalue weighted by Crippen LogP contribution is -2.50. The number of nitrogens with one attached hydrogen (secondary N) is 1. The van der Waals surface area contributed by atoms with Crippen molar-refractivity contribution in [2.45, 2.75) is 38.5 Å². The molecule has 0 heterocycles. The number of ether oxygens (including phenoxy) is 1. The van der Waals surface area contributed by atoms with Gasteiger partial charge in [0.2, 0.25) is 0 Å². The molecule has 1 amide bonds. The van der Waals surface area contributed by atoms with Crippen LogP contribution in [-0.2, 0) is 14.3 Å². The maximum atomic E-state index is 13.6. The van der Waals surface area contributed by atoms with Gasteiger partial charge in [0.15, 0.2) is 6.61 Å². The Morgan fingerprint density at radius 2 is 1.56 bits per heavy atom. The molecule has 0 atom stereocenters. The molecule has 0 unspecified atom stereocenters. The number of rotatable bonds is 4. The summed E-state index contributed by atoms with van der Waals surface area (Å²) in [4.78, 5) is 24.6. The Morgan fingerprint density at radius 1 is 1.04 bits per heavy atom. The fourth-order valence-electron chi connectivity index (χ4n) is 5.44. The van der Waals surface area contributed by atoms with Crippen LogP contribution in [0.3, 0.4) is 0 Å². The maximum Gasteiger partial charge on any atom is 0.312 e. The summed E-state index contributed by atoms with van der Waals surface area (Å²) in [7, 11) is 0. The number of carbonyl (C=O) groups excluding carboxylic acids is 2. The number of carbonyl (C=O) groups is 2. The molecule has 4 nitrogen and oxygen atoms in total. The molecule has 25 heavy (non-hydrogen) atoms. The van der Waals surface area contributed by atoms with Gasteiger partial charge in [-0.2, -0.15) is 0 Å². The van der Waals surface area contributed by atoms with Gasteiger partial charge in [0.1, 0.15) is 17.3 Å². The first kappa shape index (κ1) is 16.5. The van der Waals surface area contributed by atoms with E-state index in [0.29, 0.717) is 17.8 Å². The maximum absolute atomic E-state index is 13.6. The molecule has 4 aliphatic carbocycles. The van der Waals surface area contributed by atoms with Crippen molar-refractivity contribution in [2.24, 2.45) is 23.2 Å². The van der Waals surface area contributed by atoms with Crippen LogP contribution in [0, 0.1) is 34.8 Å². The van der Waals surface area contributed by atoms with Gasteiger partial charge in [-0.05, 0) is 68.4 Å². The van der Waals surface area contributed by atoms with Gasteiger partial charge in [0, 0.05) is 0 Å². The molecular weight excluding hydrogens is 328 g/mol. The quantitative estimate of drug-likeness (QED) is 0.844. The molecule has 0 saturated heterocycles. The summed E-state index contributed by atoms with van der Waals surface area (Å²) < 4.78 is 32.3. The summed E-state index contributed by atoms with van der Waals surface area (Å²) >= 11 is 0. The van der Waals surface area contributed by atoms with Gasteiger partial charge in [0.05, 0.1) is 5.41 Å². The Hall–Kier alpha value is -1.98. The number of amides is 1. The van der Waals surface area contributed by atoms with Crippen molar-refractivity contribution in [3.05, 3.63) is 29.8 Å². The molecule has 1 N–H and O–H groups in total. The lowest BCUT2D eigenvalue weighted by Gasteiger charge is -2.55. The molecule has 0 aliphatic heterocycles. The molecule has 0 aromatic heterocycles. The molecule has 4 bridgehead atoms. The van der Waals surface area contributed by atoms with E-state index in [1.54, 1.807) is 0 Å². The number of para-hydroxylation sites is 1. The van der Waals surface area contributed by atoms with E-state index in [2.05, 4.69) is 5.32 Å². The summed E-state index contributed by atoms with van der Waals surface area (Å²) in [5.41, 5.74) is -0.962. The summed E-state index contributed by atoms with van der Waals surface area (Å²) in [6, 6.07) is 3.33. The zero-order valence-corrected chi connectivity index (χ0v) is 13.9. The van der Waals surface area contributed by atoms with E-state index < -0.39 is 35.3 Å². The van der Waals surface area contributed by atoms with Crippen LogP contribution >= 0.6 is 0 Å². The number of hydrogen-bond donors (Lipinski definition) is 1. The lowest BCUT2D eigenvalue weighted by molar-refractivity contribution is -0.172. The normalized spacial score (nSPS) is 32.5. The average Bonchev–Trinajstić information content (AvgIpc) is 2.55. The van der Waals surface area contributed by atoms with Gasteiger partial charge in [-0.25, -0.2) is 8.78 Å². The summed E-state index contributed by atoms with van der Waals surface area (Å²) in [6.45, 7) is -0.519. The van der Waals surface area contributed by atoms with Crippen molar-refractivity contribution in [1.29, 1.82) is 0 Å². The van der Waals surface area contributed by atoms with Crippen molar-refractivity contribution in [2.75, 3.05) is 11.9 Å². The first-order valence-corrected chi connectivity index (χ1v) is 8.86. The second-order valence-corrected chi connectivity index (χ2v) is 7.92. The molecule has 5 rings (SSSR count). The zero-order chi connectivity index (χ0) is 17.6. The molecule has 134 valence electrons. The zero-order valence-electron chi connectivity index (χ0n) is 13.9. The van der Waals surface area contributed by atoms with Crippen molar-refractivity contribution < 1.29 is 23.1 Å². The predicted octanol–water partition coefficient (Wildman–Crippen LogP) is 3.66. The second-order valence-electron chi connectivity index (χ2n) is 7.92. The van der Waals surface area contributed by atoms with Crippen LogP contribution in [0.25, 0.3) is 0 Å². The molecule has 4 aliphatic rings. The molecule has 4 fully saturated rings.